The third kappa shape index (κ3) is 4.84. The standard InChI is InChI=1S/C14H29NO/c1-11(14(2,3)4)9-13(15)10-12-5-7-16-8-6-12/h11-13H,5-10,15H2,1-4H3. The molecule has 0 aromatic heterocycles. The van der Waals surface area contributed by atoms with Gasteiger partial charge in [0, 0.05) is 19.3 Å². The van der Waals surface area contributed by atoms with E-state index in [1.165, 1.54) is 19.3 Å². The van der Waals surface area contributed by atoms with E-state index in [0.717, 1.165) is 25.6 Å². The molecule has 2 nitrogen and oxygen atoms in total. The summed E-state index contributed by atoms with van der Waals surface area (Å²) in [6, 6.07) is 0.373. The molecule has 16 heavy (non-hydrogen) atoms. The van der Waals surface area contributed by atoms with Crippen molar-refractivity contribution in [3.05, 3.63) is 0 Å². The van der Waals surface area contributed by atoms with Crippen LogP contribution in [0.4, 0.5) is 0 Å². The Balaban J connectivity index is 2.26. The Morgan fingerprint density at radius 2 is 1.81 bits per heavy atom. The second kappa shape index (κ2) is 6.02. The second-order valence-electron chi connectivity index (χ2n) is 6.55. The summed E-state index contributed by atoms with van der Waals surface area (Å²) in [6.45, 7) is 11.1. The lowest BCUT2D eigenvalue weighted by atomic mass is 9.77. The van der Waals surface area contributed by atoms with Crippen molar-refractivity contribution >= 4 is 0 Å². The molecule has 1 saturated heterocycles. The fourth-order valence-corrected chi connectivity index (χ4v) is 2.31. The molecular formula is C14H29NO. The Hall–Kier alpha value is -0.0800. The fraction of sp³-hybridized carbons (Fsp3) is 1.00. The van der Waals surface area contributed by atoms with Crippen molar-refractivity contribution in [3.8, 4) is 0 Å². The quantitative estimate of drug-likeness (QED) is 0.800. The molecule has 0 saturated carbocycles. The van der Waals surface area contributed by atoms with Gasteiger partial charge in [-0.15, -0.1) is 0 Å². The van der Waals surface area contributed by atoms with E-state index in [1.54, 1.807) is 0 Å². The first-order chi connectivity index (χ1) is 7.39. The van der Waals surface area contributed by atoms with Gasteiger partial charge in [-0.1, -0.05) is 27.7 Å². The van der Waals surface area contributed by atoms with Crippen molar-refractivity contribution in [1.82, 2.24) is 0 Å². The third-order valence-electron chi connectivity index (χ3n) is 4.11. The van der Waals surface area contributed by atoms with E-state index in [2.05, 4.69) is 27.7 Å². The summed E-state index contributed by atoms with van der Waals surface area (Å²) in [5.41, 5.74) is 6.64. The van der Waals surface area contributed by atoms with Gasteiger partial charge in [0.15, 0.2) is 0 Å². The van der Waals surface area contributed by atoms with Crippen molar-refractivity contribution < 1.29 is 4.74 Å². The molecule has 0 aromatic rings. The van der Waals surface area contributed by atoms with Gasteiger partial charge in [-0.05, 0) is 42.9 Å². The van der Waals surface area contributed by atoms with Crippen molar-refractivity contribution in [3.63, 3.8) is 0 Å². The van der Waals surface area contributed by atoms with Crippen molar-refractivity contribution in [1.29, 1.82) is 0 Å². The first kappa shape index (κ1) is 14.0. The maximum Gasteiger partial charge on any atom is 0.0468 e. The zero-order valence-electron chi connectivity index (χ0n) is 11.5. The van der Waals surface area contributed by atoms with E-state index in [1.807, 2.05) is 0 Å². The fourth-order valence-electron chi connectivity index (χ4n) is 2.31. The van der Waals surface area contributed by atoms with Crippen LogP contribution in [0.15, 0.2) is 0 Å². The lowest BCUT2D eigenvalue weighted by Crippen LogP contribution is -2.31. The Morgan fingerprint density at radius 3 is 2.31 bits per heavy atom. The van der Waals surface area contributed by atoms with Gasteiger partial charge >= 0.3 is 0 Å². The van der Waals surface area contributed by atoms with Gasteiger partial charge < -0.3 is 10.5 Å². The van der Waals surface area contributed by atoms with E-state index in [9.17, 15) is 0 Å². The highest BCUT2D eigenvalue weighted by Crippen LogP contribution is 2.30. The van der Waals surface area contributed by atoms with Crippen LogP contribution in [0.2, 0.25) is 0 Å². The van der Waals surface area contributed by atoms with Gasteiger partial charge in [0.1, 0.15) is 0 Å². The van der Waals surface area contributed by atoms with Crippen molar-refractivity contribution in [2.24, 2.45) is 23.0 Å². The van der Waals surface area contributed by atoms with Gasteiger partial charge in [0.25, 0.3) is 0 Å². The first-order valence-corrected chi connectivity index (χ1v) is 6.73. The van der Waals surface area contributed by atoms with E-state index in [-0.39, 0.29) is 0 Å². The minimum atomic E-state index is 0.373. The van der Waals surface area contributed by atoms with Gasteiger partial charge in [0.05, 0.1) is 0 Å². The Morgan fingerprint density at radius 1 is 1.25 bits per heavy atom. The average Bonchev–Trinajstić information content (AvgIpc) is 2.17. The van der Waals surface area contributed by atoms with Crippen molar-refractivity contribution in [2.45, 2.75) is 59.4 Å². The Labute approximate surface area is 101 Å². The highest BCUT2D eigenvalue weighted by molar-refractivity contribution is 4.77. The van der Waals surface area contributed by atoms with E-state index >= 15 is 0 Å². The number of nitrogens with two attached hydrogens (primary N) is 1. The van der Waals surface area contributed by atoms with Crippen LogP contribution < -0.4 is 5.73 Å². The lowest BCUT2D eigenvalue weighted by molar-refractivity contribution is 0.0602. The molecule has 1 aliphatic rings. The summed E-state index contributed by atoms with van der Waals surface area (Å²) >= 11 is 0. The normalized spacial score (nSPS) is 23.1. The van der Waals surface area contributed by atoms with Crippen molar-refractivity contribution in [2.75, 3.05) is 13.2 Å². The maximum atomic E-state index is 6.26. The predicted molar refractivity (Wildman–Crippen MR) is 69.4 cm³/mol. The van der Waals surface area contributed by atoms with E-state index < -0.39 is 0 Å². The largest absolute Gasteiger partial charge is 0.381 e. The molecule has 96 valence electrons. The lowest BCUT2D eigenvalue weighted by Gasteiger charge is -2.31. The number of hydrogen-bond acceptors (Lipinski definition) is 2. The van der Waals surface area contributed by atoms with E-state index in [0.29, 0.717) is 17.4 Å². The van der Waals surface area contributed by atoms with Gasteiger partial charge in [-0.3, -0.25) is 0 Å². The number of rotatable bonds is 4. The molecule has 0 aromatic carbocycles. The Kier molecular flexibility index (Phi) is 5.26. The molecule has 1 rings (SSSR count). The average molecular weight is 227 g/mol. The highest BCUT2D eigenvalue weighted by Gasteiger charge is 2.24. The molecule has 0 bridgehead atoms. The minimum Gasteiger partial charge on any atom is -0.381 e. The van der Waals surface area contributed by atoms with Crippen LogP contribution in [0, 0.1) is 17.3 Å². The van der Waals surface area contributed by atoms with Gasteiger partial charge in [-0.25, -0.2) is 0 Å². The topological polar surface area (TPSA) is 35.2 Å². The Bertz CT molecular complexity index is 191. The van der Waals surface area contributed by atoms with Crippen LogP contribution in [0.3, 0.4) is 0 Å². The molecule has 0 spiro atoms. The molecule has 0 radical (unpaired) electrons. The van der Waals surface area contributed by atoms with Crippen LogP contribution in [0.5, 0.6) is 0 Å². The van der Waals surface area contributed by atoms with Crippen LogP contribution in [0.25, 0.3) is 0 Å². The first-order valence-electron chi connectivity index (χ1n) is 6.73. The molecule has 0 amide bonds. The van der Waals surface area contributed by atoms with E-state index in [4.69, 9.17) is 10.5 Å². The molecule has 1 aliphatic heterocycles. The monoisotopic (exact) mass is 227 g/mol. The highest BCUT2D eigenvalue weighted by atomic mass is 16.5. The van der Waals surface area contributed by atoms with Gasteiger partial charge in [0.2, 0.25) is 0 Å². The zero-order valence-corrected chi connectivity index (χ0v) is 11.5. The molecule has 2 atom stereocenters. The molecule has 1 heterocycles. The maximum absolute atomic E-state index is 6.26. The zero-order chi connectivity index (χ0) is 12.2. The molecule has 0 aliphatic carbocycles. The summed E-state index contributed by atoms with van der Waals surface area (Å²) in [6.07, 6.45) is 4.75. The summed E-state index contributed by atoms with van der Waals surface area (Å²) in [7, 11) is 0. The summed E-state index contributed by atoms with van der Waals surface area (Å²) < 4.78 is 5.38. The minimum absolute atomic E-state index is 0.373. The summed E-state index contributed by atoms with van der Waals surface area (Å²) in [5.74, 6) is 1.50. The van der Waals surface area contributed by atoms with Crippen LogP contribution >= 0.6 is 0 Å². The molecule has 2 N–H and O–H groups in total. The summed E-state index contributed by atoms with van der Waals surface area (Å²) in [5, 5.41) is 0. The smallest absolute Gasteiger partial charge is 0.0468 e. The van der Waals surface area contributed by atoms with Crippen LogP contribution in [-0.2, 0) is 4.74 Å². The SMILES string of the molecule is CC(CC(N)CC1CCOCC1)C(C)(C)C. The van der Waals surface area contributed by atoms with Gasteiger partial charge in [-0.2, -0.15) is 0 Å². The molecule has 1 fully saturated rings. The third-order valence-corrected chi connectivity index (χ3v) is 4.11. The molecular weight excluding hydrogens is 198 g/mol. The summed E-state index contributed by atoms with van der Waals surface area (Å²) in [4.78, 5) is 0. The number of hydrogen-bond donors (Lipinski definition) is 1. The predicted octanol–water partition coefficient (Wildman–Crippen LogP) is 3.20. The van der Waals surface area contributed by atoms with Crippen LogP contribution in [-0.4, -0.2) is 19.3 Å². The number of ether oxygens (including phenoxy) is 1. The second-order valence-corrected chi connectivity index (χ2v) is 6.55. The molecule has 2 unspecified atom stereocenters. The molecule has 2 heteroatoms. The van der Waals surface area contributed by atoms with Crippen LogP contribution in [0.1, 0.15) is 53.4 Å².